The average molecular weight is 346 g/mol. The highest BCUT2D eigenvalue weighted by Gasteiger charge is 2.59. The van der Waals surface area contributed by atoms with Gasteiger partial charge in [-0.05, 0) is 37.5 Å². The van der Waals surface area contributed by atoms with Crippen LogP contribution in [0.1, 0.15) is 73.7 Å². The van der Waals surface area contributed by atoms with Crippen LogP contribution in [0.5, 0.6) is 0 Å². The Hall–Kier alpha value is -1.85. The summed E-state index contributed by atoms with van der Waals surface area (Å²) in [6, 6.07) is 0. The Morgan fingerprint density at radius 2 is 1.96 bits per heavy atom. The lowest BCUT2D eigenvalue weighted by atomic mass is 9.89. The topological polar surface area (TPSA) is 72.6 Å². The molecular formula is C19H26N2O4. The van der Waals surface area contributed by atoms with E-state index in [0.29, 0.717) is 24.7 Å². The number of carbonyl (C=O) groups excluding carboxylic acids is 2. The van der Waals surface area contributed by atoms with Crippen LogP contribution >= 0.6 is 0 Å². The van der Waals surface area contributed by atoms with Crippen molar-refractivity contribution in [3.63, 3.8) is 0 Å². The Morgan fingerprint density at radius 1 is 1.24 bits per heavy atom. The molecule has 136 valence electrons. The van der Waals surface area contributed by atoms with E-state index in [1.165, 1.54) is 32.6 Å². The molecule has 0 N–H and O–H groups in total. The zero-order chi connectivity index (χ0) is 17.4. The van der Waals surface area contributed by atoms with Gasteiger partial charge in [-0.2, -0.15) is 0 Å². The molecule has 0 radical (unpaired) electrons. The predicted molar refractivity (Wildman–Crippen MR) is 90.0 cm³/mol. The number of nitrogens with zero attached hydrogens (tertiary/aromatic N) is 2. The predicted octanol–water partition coefficient (Wildman–Crippen LogP) is 3.14. The van der Waals surface area contributed by atoms with Crippen LogP contribution in [-0.2, 0) is 9.53 Å². The van der Waals surface area contributed by atoms with E-state index in [2.05, 4.69) is 4.98 Å². The Bertz CT molecular complexity index is 654. The van der Waals surface area contributed by atoms with Crippen LogP contribution in [0.3, 0.4) is 0 Å². The third-order valence-electron chi connectivity index (χ3n) is 6.42. The highest BCUT2D eigenvalue weighted by atomic mass is 16.5. The summed E-state index contributed by atoms with van der Waals surface area (Å²) in [5.74, 6) is 0.973. The summed E-state index contributed by atoms with van der Waals surface area (Å²) in [5.41, 5.74) is 0.498. The second-order valence-corrected chi connectivity index (χ2v) is 7.84. The number of aromatic nitrogens is 1. The average Bonchev–Trinajstić information content (AvgIpc) is 3.14. The molecule has 0 unspecified atom stereocenters. The van der Waals surface area contributed by atoms with Gasteiger partial charge in [-0.15, -0.1) is 0 Å². The zero-order valence-corrected chi connectivity index (χ0v) is 14.8. The molecule has 2 aliphatic carbocycles. The Balaban J connectivity index is 1.35. The number of carbonyl (C=O) groups is 2. The van der Waals surface area contributed by atoms with Crippen molar-refractivity contribution in [3.8, 4) is 0 Å². The molecule has 1 spiro atoms. The molecule has 4 rings (SSSR count). The summed E-state index contributed by atoms with van der Waals surface area (Å²) in [7, 11) is 1.45. The van der Waals surface area contributed by atoms with Gasteiger partial charge in [-0.25, -0.2) is 4.98 Å². The van der Waals surface area contributed by atoms with Crippen LogP contribution < -0.4 is 0 Å². The number of likely N-dealkylation sites (tertiary alicyclic amines) is 1. The van der Waals surface area contributed by atoms with E-state index >= 15 is 0 Å². The lowest BCUT2D eigenvalue weighted by Crippen LogP contribution is -2.40. The fraction of sp³-hybridized carbons (Fsp3) is 0.737. The first kappa shape index (κ1) is 16.6. The van der Waals surface area contributed by atoms with Crippen molar-refractivity contribution in [2.75, 3.05) is 20.2 Å². The zero-order valence-electron chi connectivity index (χ0n) is 14.8. The van der Waals surface area contributed by atoms with Crippen molar-refractivity contribution in [2.45, 2.75) is 57.3 Å². The largest absolute Gasteiger partial charge is 0.469 e. The number of oxazole rings is 1. The number of hydrogen-bond acceptors (Lipinski definition) is 5. The lowest BCUT2D eigenvalue weighted by Gasteiger charge is -2.32. The van der Waals surface area contributed by atoms with E-state index in [0.717, 1.165) is 38.0 Å². The van der Waals surface area contributed by atoms with Crippen LogP contribution in [0.25, 0.3) is 0 Å². The molecule has 3 aliphatic rings. The van der Waals surface area contributed by atoms with Gasteiger partial charge in [0.2, 0.25) is 0 Å². The van der Waals surface area contributed by atoms with E-state index in [1.807, 2.05) is 4.90 Å². The number of rotatable bonds is 3. The smallest absolute Gasteiger partial charge is 0.309 e. The van der Waals surface area contributed by atoms with Gasteiger partial charge in [0.05, 0.1) is 13.0 Å². The van der Waals surface area contributed by atoms with Crippen LogP contribution in [0, 0.1) is 11.3 Å². The molecule has 6 heteroatoms. The van der Waals surface area contributed by atoms with Gasteiger partial charge in [-0.1, -0.05) is 19.3 Å². The third-order valence-corrected chi connectivity index (χ3v) is 6.42. The molecule has 2 heterocycles. The summed E-state index contributed by atoms with van der Waals surface area (Å²) in [5, 5.41) is 0. The highest BCUT2D eigenvalue weighted by molar-refractivity contribution is 5.92. The van der Waals surface area contributed by atoms with Gasteiger partial charge in [0, 0.05) is 19.0 Å². The van der Waals surface area contributed by atoms with Gasteiger partial charge in [0.15, 0.2) is 11.6 Å². The second-order valence-electron chi connectivity index (χ2n) is 7.84. The summed E-state index contributed by atoms with van der Waals surface area (Å²) in [6.45, 7) is 1.36. The van der Waals surface area contributed by atoms with Gasteiger partial charge in [0.25, 0.3) is 5.91 Å². The minimum atomic E-state index is -0.103. The molecule has 25 heavy (non-hydrogen) atoms. The number of piperidine rings is 1. The number of ether oxygens (including phenoxy) is 1. The number of hydrogen-bond donors (Lipinski definition) is 0. The van der Waals surface area contributed by atoms with Crippen molar-refractivity contribution >= 4 is 11.9 Å². The van der Waals surface area contributed by atoms with Crippen molar-refractivity contribution in [2.24, 2.45) is 11.3 Å². The van der Waals surface area contributed by atoms with E-state index in [1.54, 1.807) is 0 Å². The molecule has 6 nitrogen and oxygen atoms in total. The van der Waals surface area contributed by atoms with E-state index in [9.17, 15) is 9.59 Å². The first-order valence-corrected chi connectivity index (χ1v) is 9.45. The first-order chi connectivity index (χ1) is 12.1. The van der Waals surface area contributed by atoms with Crippen LogP contribution in [0.2, 0.25) is 0 Å². The van der Waals surface area contributed by atoms with Gasteiger partial charge in [0.1, 0.15) is 6.26 Å². The van der Waals surface area contributed by atoms with Crippen molar-refractivity contribution in [3.05, 3.63) is 17.8 Å². The molecule has 1 aromatic rings. The number of esters is 1. The lowest BCUT2D eigenvalue weighted by molar-refractivity contribution is -0.143. The number of methoxy groups -OCH3 is 1. The van der Waals surface area contributed by atoms with Gasteiger partial charge < -0.3 is 14.1 Å². The minimum Gasteiger partial charge on any atom is -0.469 e. The maximum atomic E-state index is 12.7. The summed E-state index contributed by atoms with van der Waals surface area (Å²) in [4.78, 5) is 30.8. The summed E-state index contributed by atoms with van der Waals surface area (Å²) < 4.78 is 10.5. The van der Waals surface area contributed by atoms with Crippen molar-refractivity contribution < 1.29 is 18.7 Å². The molecule has 3 fully saturated rings. The second kappa shape index (κ2) is 6.46. The van der Waals surface area contributed by atoms with Crippen molar-refractivity contribution in [1.29, 1.82) is 0 Å². The normalized spacial score (nSPS) is 25.8. The molecule has 0 aromatic carbocycles. The molecule has 1 aliphatic heterocycles. The summed E-state index contributed by atoms with van der Waals surface area (Å²) in [6.07, 6.45) is 10.1. The molecular weight excluding hydrogens is 320 g/mol. The molecule has 1 saturated heterocycles. The van der Waals surface area contributed by atoms with E-state index in [4.69, 9.17) is 9.15 Å². The van der Waals surface area contributed by atoms with Crippen LogP contribution in [0.4, 0.5) is 0 Å². The fourth-order valence-corrected chi connectivity index (χ4v) is 4.62. The minimum absolute atomic E-state index is 0.0275. The quantitative estimate of drug-likeness (QED) is 0.786. The van der Waals surface area contributed by atoms with E-state index < -0.39 is 0 Å². The Morgan fingerprint density at radius 3 is 2.64 bits per heavy atom. The molecule has 1 amide bonds. The highest BCUT2D eigenvalue weighted by Crippen LogP contribution is 2.59. The van der Waals surface area contributed by atoms with Crippen LogP contribution in [0.15, 0.2) is 10.7 Å². The van der Waals surface area contributed by atoms with Crippen molar-refractivity contribution in [1.82, 2.24) is 9.88 Å². The third kappa shape index (κ3) is 3.07. The number of amides is 1. The van der Waals surface area contributed by atoms with Gasteiger partial charge >= 0.3 is 5.97 Å². The Labute approximate surface area is 147 Å². The van der Waals surface area contributed by atoms with Crippen LogP contribution in [-0.4, -0.2) is 42.0 Å². The molecule has 2 saturated carbocycles. The Kier molecular flexibility index (Phi) is 4.29. The van der Waals surface area contributed by atoms with E-state index in [-0.39, 0.29) is 23.2 Å². The fourth-order valence-electron chi connectivity index (χ4n) is 4.62. The molecule has 0 bridgehead atoms. The first-order valence-electron chi connectivity index (χ1n) is 9.45. The SMILES string of the molecule is COC(=O)[C@H]1CC12CCN(C(=O)c1coc(C3CCCCC3)n1)CC2. The van der Waals surface area contributed by atoms with Gasteiger partial charge in [-0.3, -0.25) is 9.59 Å². The standard InChI is InChI=1S/C19H26N2O4/c1-24-18(23)14-11-19(14)7-9-21(10-8-19)17(22)15-12-25-16(20-15)13-5-3-2-4-6-13/h12-14H,2-11H2,1H3/t14-/m1/s1. The maximum Gasteiger partial charge on any atom is 0.309 e. The summed E-state index contributed by atoms with van der Waals surface area (Å²) >= 11 is 0. The maximum absolute atomic E-state index is 12.7. The monoisotopic (exact) mass is 346 g/mol. The molecule has 1 atom stereocenters. The molecule has 1 aromatic heterocycles.